The Morgan fingerprint density at radius 3 is 2.62 bits per heavy atom. The number of fused-ring (bicyclic) bond motifs is 3. The van der Waals surface area contributed by atoms with Crippen molar-refractivity contribution in [3.05, 3.63) is 64.8 Å². The molecule has 0 radical (unpaired) electrons. The summed E-state index contributed by atoms with van der Waals surface area (Å²) < 4.78 is 12.7. The molecule has 0 fully saturated rings. The van der Waals surface area contributed by atoms with Crippen molar-refractivity contribution in [3.8, 4) is 5.75 Å². The van der Waals surface area contributed by atoms with E-state index in [9.17, 15) is 9.59 Å². The Bertz CT molecular complexity index is 1080. The lowest BCUT2D eigenvalue weighted by atomic mass is 9.99. The monoisotopic (exact) mass is 392 g/mol. The third-order valence-electron chi connectivity index (χ3n) is 5.60. The average molecular weight is 392 g/mol. The fourth-order valence-corrected chi connectivity index (χ4v) is 4.18. The van der Waals surface area contributed by atoms with E-state index in [-0.39, 0.29) is 18.4 Å². The zero-order valence-corrected chi connectivity index (χ0v) is 16.6. The summed E-state index contributed by atoms with van der Waals surface area (Å²) in [5, 5.41) is 0.861. The predicted molar refractivity (Wildman–Crippen MR) is 110 cm³/mol. The van der Waals surface area contributed by atoms with Crippen LogP contribution in [-0.2, 0) is 27.3 Å². The number of aryl methyl sites for hydroxylation is 1. The van der Waals surface area contributed by atoms with Gasteiger partial charge in [-0.25, -0.2) is 4.79 Å². The molecule has 1 aliphatic rings. The van der Waals surface area contributed by atoms with Crippen LogP contribution >= 0.6 is 0 Å². The van der Waals surface area contributed by atoms with Gasteiger partial charge >= 0.3 is 5.97 Å². The van der Waals surface area contributed by atoms with Crippen molar-refractivity contribution in [2.75, 3.05) is 13.7 Å². The van der Waals surface area contributed by atoms with Crippen LogP contribution in [0.4, 0.5) is 0 Å². The van der Waals surface area contributed by atoms with Gasteiger partial charge in [0.2, 0.25) is 5.91 Å². The molecule has 150 valence electrons. The van der Waals surface area contributed by atoms with Crippen LogP contribution in [0.15, 0.2) is 42.5 Å². The summed E-state index contributed by atoms with van der Waals surface area (Å²) in [6.07, 6.45) is 1.47. The summed E-state index contributed by atoms with van der Waals surface area (Å²) >= 11 is 0. The van der Waals surface area contributed by atoms with Crippen LogP contribution in [-0.4, -0.2) is 30.2 Å². The molecular weight excluding hydrogens is 368 g/mol. The largest absolute Gasteiger partial charge is 0.481 e. The molecule has 0 bridgehead atoms. The predicted octanol–water partition coefficient (Wildman–Crippen LogP) is 3.06. The quantitative estimate of drug-likeness (QED) is 0.654. The van der Waals surface area contributed by atoms with E-state index in [2.05, 4.69) is 40.5 Å². The molecule has 0 spiro atoms. The van der Waals surface area contributed by atoms with Gasteiger partial charge in [-0.15, -0.1) is 0 Å². The Morgan fingerprint density at radius 1 is 1.17 bits per heavy atom. The Hall–Kier alpha value is -3.28. The minimum Gasteiger partial charge on any atom is -0.481 e. The van der Waals surface area contributed by atoms with Crippen molar-refractivity contribution in [2.24, 2.45) is 5.73 Å². The third kappa shape index (κ3) is 3.46. The number of aromatic nitrogens is 1. The molecule has 6 nitrogen and oxygen atoms in total. The smallest absolute Gasteiger partial charge is 0.343 e. The Labute approximate surface area is 169 Å². The number of carbonyl (C=O) groups excluding carboxylic acids is 2. The maximum Gasteiger partial charge on any atom is 0.343 e. The van der Waals surface area contributed by atoms with Gasteiger partial charge in [0.15, 0.2) is 6.61 Å². The normalized spacial score (nSPS) is 15.3. The van der Waals surface area contributed by atoms with Crippen LogP contribution in [0.5, 0.6) is 5.75 Å². The fourth-order valence-electron chi connectivity index (χ4n) is 4.18. The van der Waals surface area contributed by atoms with Crippen LogP contribution in [0.3, 0.4) is 0 Å². The van der Waals surface area contributed by atoms with Crippen LogP contribution in [0.1, 0.15) is 34.7 Å². The van der Waals surface area contributed by atoms with Crippen molar-refractivity contribution >= 4 is 22.8 Å². The molecule has 1 atom stereocenters. The summed E-state index contributed by atoms with van der Waals surface area (Å²) in [7, 11) is 1.32. The lowest BCUT2D eigenvalue weighted by Crippen LogP contribution is -2.19. The standard InChI is InChI=1S/C23H24N2O4/c1-14-6-8-15(9-7-14)12-25-17-4-3-5-19(29-13-20(26)28-2)22(17)21-16(23(24)27)10-11-18(21)25/h3-9,16H,10-13H2,1-2H3,(H2,24,27). The lowest BCUT2D eigenvalue weighted by molar-refractivity contribution is -0.142. The second-order valence-electron chi connectivity index (χ2n) is 7.44. The van der Waals surface area contributed by atoms with Crippen LogP contribution in [0.2, 0.25) is 0 Å². The van der Waals surface area contributed by atoms with Gasteiger partial charge in [0.25, 0.3) is 0 Å². The van der Waals surface area contributed by atoms with E-state index in [0.717, 1.165) is 28.6 Å². The maximum absolute atomic E-state index is 12.1. The molecule has 1 amide bonds. The number of hydrogen-bond donors (Lipinski definition) is 1. The van der Waals surface area contributed by atoms with E-state index >= 15 is 0 Å². The number of rotatable bonds is 6. The van der Waals surface area contributed by atoms with E-state index in [1.54, 1.807) is 0 Å². The van der Waals surface area contributed by atoms with E-state index in [1.165, 1.54) is 18.2 Å². The highest BCUT2D eigenvalue weighted by molar-refractivity contribution is 5.97. The highest BCUT2D eigenvalue weighted by Gasteiger charge is 2.34. The first-order valence-electron chi connectivity index (χ1n) is 9.68. The van der Waals surface area contributed by atoms with Crippen LogP contribution in [0, 0.1) is 6.92 Å². The summed E-state index contributed by atoms with van der Waals surface area (Å²) in [6.45, 7) is 2.57. The first kappa shape index (κ1) is 19.1. The van der Waals surface area contributed by atoms with Gasteiger partial charge in [0, 0.05) is 17.6 Å². The van der Waals surface area contributed by atoms with Crippen molar-refractivity contribution in [2.45, 2.75) is 32.2 Å². The van der Waals surface area contributed by atoms with E-state index in [0.29, 0.717) is 18.7 Å². The molecule has 1 heterocycles. The second-order valence-corrected chi connectivity index (χ2v) is 7.44. The molecule has 0 aliphatic heterocycles. The fraction of sp³-hybridized carbons (Fsp3) is 0.304. The number of primary amides is 1. The lowest BCUT2D eigenvalue weighted by Gasteiger charge is -2.12. The zero-order chi connectivity index (χ0) is 20.5. The molecule has 1 unspecified atom stereocenters. The molecule has 29 heavy (non-hydrogen) atoms. The van der Waals surface area contributed by atoms with E-state index in [4.69, 9.17) is 10.5 Å². The van der Waals surface area contributed by atoms with E-state index < -0.39 is 5.97 Å². The number of ether oxygens (including phenoxy) is 2. The van der Waals surface area contributed by atoms with Gasteiger partial charge in [-0.05, 0) is 43.0 Å². The zero-order valence-electron chi connectivity index (χ0n) is 16.6. The molecule has 2 aromatic carbocycles. The summed E-state index contributed by atoms with van der Waals surface area (Å²) in [5.41, 5.74) is 11.1. The summed E-state index contributed by atoms with van der Waals surface area (Å²) in [5.74, 6) is -0.570. The average Bonchev–Trinajstić information content (AvgIpc) is 3.27. The molecule has 2 N–H and O–H groups in total. The van der Waals surface area contributed by atoms with Crippen LogP contribution in [0.25, 0.3) is 10.9 Å². The molecular formula is C23H24N2O4. The topological polar surface area (TPSA) is 83.6 Å². The van der Waals surface area contributed by atoms with Gasteiger partial charge in [0.05, 0.1) is 18.5 Å². The number of nitrogens with zero attached hydrogens (tertiary/aromatic N) is 1. The second kappa shape index (κ2) is 7.62. The summed E-state index contributed by atoms with van der Waals surface area (Å²) in [4.78, 5) is 23.7. The number of esters is 1. The molecule has 4 rings (SSSR count). The van der Waals surface area contributed by atoms with Gasteiger partial charge in [0.1, 0.15) is 5.75 Å². The SMILES string of the molecule is COC(=O)COc1cccc2c1c1c(n2Cc2ccc(C)cc2)CCC1C(N)=O. The highest BCUT2D eigenvalue weighted by atomic mass is 16.6. The van der Waals surface area contributed by atoms with Gasteiger partial charge in [-0.3, -0.25) is 4.79 Å². The molecule has 3 aromatic rings. The molecule has 1 aromatic heterocycles. The van der Waals surface area contributed by atoms with Crippen molar-refractivity contribution in [1.29, 1.82) is 0 Å². The minimum atomic E-state index is -0.454. The highest BCUT2D eigenvalue weighted by Crippen LogP contribution is 2.44. The molecule has 0 saturated heterocycles. The van der Waals surface area contributed by atoms with Gasteiger partial charge < -0.3 is 19.8 Å². The Balaban J connectivity index is 1.85. The van der Waals surface area contributed by atoms with Crippen LogP contribution < -0.4 is 10.5 Å². The van der Waals surface area contributed by atoms with Crippen molar-refractivity contribution in [1.82, 2.24) is 4.57 Å². The first-order chi connectivity index (χ1) is 14.0. The maximum atomic E-state index is 12.1. The van der Waals surface area contributed by atoms with Crippen molar-refractivity contribution in [3.63, 3.8) is 0 Å². The molecule has 6 heteroatoms. The van der Waals surface area contributed by atoms with Gasteiger partial charge in [-0.1, -0.05) is 35.9 Å². The minimum absolute atomic E-state index is 0.186. The Kier molecular flexibility index (Phi) is 5.01. The van der Waals surface area contributed by atoms with Crippen molar-refractivity contribution < 1.29 is 19.1 Å². The number of nitrogens with two attached hydrogens (primary N) is 1. The third-order valence-corrected chi connectivity index (χ3v) is 5.60. The van der Waals surface area contributed by atoms with Gasteiger partial charge in [-0.2, -0.15) is 0 Å². The number of carbonyl (C=O) groups is 2. The number of benzene rings is 2. The number of amides is 1. The molecule has 0 saturated carbocycles. The summed E-state index contributed by atoms with van der Waals surface area (Å²) in [6, 6.07) is 14.2. The molecule has 1 aliphatic carbocycles. The number of hydrogen-bond acceptors (Lipinski definition) is 4. The van der Waals surface area contributed by atoms with E-state index in [1.807, 2.05) is 18.2 Å². The first-order valence-corrected chi connectivity index (χ1v) is 9.68. The Morgan fingerprint density at radius 2 is 1.93 bits per heavy atom. The number of methoxy groups -OCH3 is 1.